The van der Waals surface area contributed by atoms with Crippen LogP contribution >= 0.6 is 11.6 Å². The molecule has 34 heavy (non-hydrogen) atoms. The fourth-order valence-electron chi connectivity index (χ4n) is 3.89. The SMILES string of the molecule is CCN(C(=O)Cn1nc(Cl)c2c(ccn2-c2ccccc2)c1=O)c1ccc2c(c1)OC(F)(F)O2. The normalized spacial score (nSPS) is 13.9. The number of alkyl halides is 2. The second kappa shape index (κ2) is 8.14. The largest absolute Gasteiger partial charge is 0.586 e. The van der Waals surface area contributed by atoms with Crippen LogP contribution in [-0.2, 0) is 11.3 Å². The van der Waals surface area contributed by atoms with Gasteiger partial charge in [-0.1, -0.05) is 29.8 Å². The minimum atomic E-state index is -3.76. The first-order valence-corrected chi connectivity index (χ1v) is 10.7. The first kappa shape index (κ1) is 21.9. The van der Waals surface area contributed by atoms with Gasteiger partial charge in [-0.25, -0.2) is 4.68 Å². The van der Waals surface area contributed by atoms with Gasteiger partial charge in [0.1, 0.15) is 6.54 Å². The molecule has 2 aromatic carbocycles. The molecule has 3 heterocycles. The van der Waals surface area contributed by atoms with Crippen LogP contribution < -0.4 is 19.9 Å². The molecule has 11 heteroatoms. The van der Waals surface area contributed by atoms with E-state index < -0.39 is 24.3 Å². The Morgan fingerprint density at radius 2 is 1.85 bits per heavy atom. The predicted molar refractivity (Wildman–Crippen MR) is 121 cm³/mol. The molecule has 0 bridgehead atoms. The fraction of sp³-hybridized carbons (Fsp3) is 0.174. The first-order valence-electron chi connectivity index (χ1n) is 10.3. The van der Waals surface area contributed by atoms with Crippen LogP contribution in [0.4, 0.5) is 14.5 Å². The van der Waals surface area contributed by atoms with Crippen LogP contribution in [0.1, 0.15) is 6.92 Å². The van der Waals surface area contributed by atoms with E-state index in [0.29, 0.717) is 16.6 Å². The number of nitrogens with zero attached hydrogens (tertiary/aromatic N) is 4. The number of ether oxygens (including phenoxy) is 2. The molecule has 0 aliphatic carbocycles. The molecule has 1 aliphatic rings. The maximum Gasteiger partial charge on any atom is 0.586 e. The lowest BCUT2D eigenvalue weighted by molar-refractivity contribution is -0.286. The van der Waals surface area contributed by atoms with Crippen molar-refractivity contribution in [3.05, 3.63) is 76.3 Å². The summed E-state index contributed by atoms with van der Waals surface area (Å²) in [6.45, 7) is 1.52. The zero-order valence-electron chi connectivity index (χ0n) is 17.7. The number of para-hydroxylation sites is 1. The molecule has 0 spiro atoms. The van der Waals surface area contributed by atoms with E-state index in [-0.39, 0.29) is 23.2 Å². The van der Waals surface area contributed by atoms with Gasteiger partial charge in [0.05, 0.1) is 10.9 Å². The number of aromatic nitrogens is 3. The Labute approximate surface area is 196 Å². The third-order valence-corrected chi connectivity index (χ3v) is 5.64. The van der Waals surface area contributed by atoms with Crippen LogP contribution in [0, 0.1) is 0 Å². The Balaban J connectivity index is 1.46. The molecular weight excluding hydrogens is 470 g/mol. The summed E-state index contributed by atoms with van der Waals surface area (Å²) >= 11 is 6.42. The highest BCUT2D eigenvalue weighted by Crippen LogP contribution is 2.42. The van der Waals surface area contributed by atoms with Crippen molar-refractivity contribution in [1.29, 1.82) is 0 Å². The average molecular weight is 487 g/mol. The van der Waals surface area contributed by atoms with Crippen molar-refractivity contribution < 1.29 is 23.0 Å². The van der Waals surface area contributed by atoms with Crippen LogP contribution in [0.3, 0.4) is 0 Å². The predicted octanol–water partition coefficient (Wildman–Crippen LogP) is 4.22. The molecule has 1 aliphatic heterocycles. The Kier molecular flexibility index (Phi) is 5.24. The number of fused-ring (bicyclic) bond motifs is 2. The van der Waals surface area contributed by atoms with Crippen molar-refractivity contribution in [2.24, 2.45) is 0 Å². The Hall–Kier alpha value is -3.92. The summed E-state index contributed by atoms with van der Waals surface area (Å²) in [5.74, 6) is -0.799. The van der Waals surface area contributed by atoms with Crippen molar-refractivity contribution in [3.8, 4) is 17.2 Å². The molecule has 0 unspecified atom stereocenters. The Morgan fingerprint density at radius 1 is 1.12 bits per heavy atom. The van der Waals surface area contributed by atoms with Gasteiger partial charge < -0.3 is 18.9 Å². The number of carbonyl (C=O) groups is 1. The summed E-state index contributed by atoms with van der Waals surface area (Å²) in [5, 5.41) is 4.51. The van der Waals surface area contributed by atoms with E-state index in [4.69, 9.17) is 11.6 Å². The van der Waals surface area contributed by atoms with Crippen LogP contribution in [-0.4, -0.2) is 33.1 Å². The van der Waals surface area contributed by atoms with Gasteiger partial charge in [-0.15, -0.1) is 8.78 Å². The summed E-state index contributed by atoms with van der Waals surface area (Å²) in [6.07, 6.45) is -2.05. The molecule has 4 aromatic rings. The summed E-state index contributed by atoms with van der Waals surface area (Å²) in [7, 11) is 0. The Morgan fingerprint density at radius 3 is 2.59 bits per heavy atom. The van der Waals surface area contributed by atoms with Crippen LogP contribution in [0.5, 0.6) is 11.5 Å². The number of carbonyl (C=O) groups excluding carboxylic acids is 1. The lowest BCUT2D eigenvalue weighted by Crippen LogP contribution is -2.37. The first-order chi connectivity index (χ1) is 16.3. The number of anilines is 1. The van der Waals surface area contributed by atoms with Gasteiger partial charge in [-0.2, -0.15) is 5.10 Å². The number of amides is 1. The molecule has 0 N–H and O–H groups in total. The number of benzene rings is 2. The lowest BCUT2D eigenvalue weighted by Gasteiger charge is -2.21. The van der Waals surface area contributed by atoms with Gasteiger partial charge in [0.25, 0.3) is 5.56 Å². The smallest absolute Gasteiger partial charge is 0.395 e. The van der Waals surface area contributed by atoms with Crippen LogP contribution in [0.25, 0.3) is 16.6 Å². The van der Waals surface area contributed by atoms with Gasteiger partial charge >= 0.3 is 6.29 Å². The number of likely N-dealkylation sites (N-methyl/N-ethyl adjacent to an activating group) is 1. The number of rotatable bonds is 5. The number of hydrogen-bond acceptors (Lipinski definition) is 5. The van der Waals surface area contributed by atoms with Crippen molar-refractivity contribution in [2.75, 3.05) is 11.4 Å². The van der Waals surface area contributed by atoms with Gasteiger partial charge in [0.15, 0.2) is 16.7 Å². The molecule has 5 rings (SSSR count). The van der Waals surface area contributed by atoms with E-state index in [1.54, 1.807) is 23.8 Å². The summed E-state index contributed by atoms with van der Waals surface area (Å²) in [4.78, 5) is 27.4. The van der Waals surface area contributed by atoms with Gasteiger partial charge in [-0.05, 0) is 37.3 Å². The molecule has 0 saturated heterocycles. The summed E-state index contributed by atoms with van der Waals surface area (Å²) in [6, 6.07) is 15.0. The third-order valence-electron chi connectivity index (χ3n) is 5.39. The highest BCUT2D eigenvalue weighted by atomic mass is 35.5. The molecule has 2 aromatic heterocycles. The number of halogens is 3. The van der Waals surface area contributed by atoms with Crippen LogP contribution in [0.15, 0.2) is 65.6 Å². The number of hydrogen-bond donors (Lipinski definition) is 0. The zero-order valence-corrected chi connectivity index (χ0v) is 18.5. The van der Waals surface area contributed by atoms with E-state index in [1.165, 1.54) is 23.1 Å². The quantitative estimate of drug-likeness (QED) is 0.422. The molecule has 0 saturated carbocycles. The van der Waals surface area contributed by atoms with E-state index in [1.807, 2.05) is 30.3 Å². The van der Waals surface area contributed by atoms with Gasteiger partial charge in [0.2, 0.25) is 5.91 Å². The minimum Gasteiger partial charge on any atom is -0.395 e. The topological polar surface area (TPSA) is 78.6 Å². The van der Waals surface area contributed by atoms with E-state index >= 15 is 0 Å². The summed E-state index contributed by atoms with van der Waals surface area (Å²) < 4.78 is 38.3. The van der Waals surface area contributed by atoms with Crippen molar-refractivity contribution in [2.45, 2.75) is 19.8 Å². The second-order valence-electron chi connectivity index (χ2n) is 7.47. The molecule has 0 radical (unpaired) electrons. The zero-order chi connectivity index (χ0) is 24.0. The van der Waals surface area contributed by atoms with Crippen molar-refractivity contribution in [3.63, 3.8) is 0 Å². The van der Waals surface area contributed by atoms with E-state index in [2.05, 4.69) is 14.6 Å². The van der Waals surface area contributed by atoms with Gasteiger partial charge in [0, 0.05) is 30.2 Å². The maximum atomic E-state index is 13.3. The molecule has 174 valence electrons. The second-order valence-corrected chi connectivity index (χ2v) is 7.83. The summed E-state index contributed by atoms with van der Waals surface area (Å²) in [5.41, 5.74) is 1.07. The highest BCUT2D eigenvalue weighted by Gasteiger charge is 2.43. The van der Waals surface area contributed by atoms with Gasteiger partial charge in [-0.3, -0.25) is 9.59 Å². The third kappa shape index (κ3) is 3.75. The average Bonchev–Trinajstić information content (AvgIpc) is 3.38. The molecule has 8 nitrogen and oxygen atoms in total. The highest BCUT2D eigenvalue weighted by molar-refractivity contribution is 6.33. The Bertz CT molecular complexity index is 1470. The molecule has 0 fully saturated rings. The van der Waals surface area contributed by atoms with Crippen molar-refractivity contribution >= 4 is 34.1 Å². The monoisotopic (exact) mass is 486 g/mol. The molecule has 1 amide bonds. The van der Waals surface area contributed by atoms with Crippen molar-refractivity contribution in [1.82, 2.24) is 14.3 Å². The maximum absolute atomic E-state index is 13.3. The van der Waals surface area contributed by atoms with E-state index in [9.17, 15) is 18.4 Å². The van der Waals surface area contributed by atoms with Crippen LogP contribution in [0.2, 0.25) is 5.15 Å². The lowest BCUT2D eigenvalue weighted by atomic mass is 10.2. The molecular formula is C23H17ClF2N4O4. The minimum absolute atomic E-state index is 0.0598. The fourth-order valence-corrected chi connectivity index (χ4v) is 4.17. The standard InChI is InChI=1S/C23H17ClF2N4O4/c1-2-28(15-8-9-17-18(12-15)34-23(25,26)33-17)19(31)13-30-22(32)16-10-11-29(20(16)21(24)27-30)14-6-4-3-5-7-14/h3-12H,2,13H2,1H3. The van der Waals surface area contributed by atoms with E-state index in [0.717, 1.165) is 10.4 Å². The molecule has 0 atom stereocenters.